The summed E-state index contributed by atoms with van der Waals surface area (Å²) < 4.78 is 1.90. The maximum atomic E-state index is 5.60. The van der Waals surface area contributed by atoms with Crippen LogP contribution >= 0.6 is 0 Å². The highest BCUT2D eigenvalue weighted by atomic mass is 15.1. The van der Waals surface area contributed by atoms with E-state index in [4.69, 9.17) is 11.5 Å². The fourth-order valence-corrected chi connectivity index (χ4v) is 3.48. The van der Waals surface area contributed by atoms with Gasteiger partial charge in [-0.05, 0) is 48.7 Å². The summed E-state index contributed by atoms with van der Waals surface area (Å²) in [5, 5.41) is 14.4. The van der Waals surface area contributed by atoms with Gasteiger partial charge in [-0.25, -0.2) is 15.0 Å². The van der Waals surface area contributed by atoms with Crippen molar-refractivity contribution < 1.29 is 0 Å². The van der Waals surface area contributed by atoms with Crippen LogP contribution < -0.4 is 22.1 Å². The molecule has 0 radical (unpaired) electrons. The predicted molar refractivity (Wildman–Crippen MR) is 133 cm³/mol. The van der Waals surface area contributed by atoms with Gasteiger partial charge in [0.15, 0.2) is 5.82 Å². The molecular formula is C24H22N10. The SMILES string of the molecule is C=C(NC(/C=C\N)=C/N)c1cn2ccc(-c3nccc(Nc4ccc5[nH]ncc5c4)n3)cc2n1. The number of aromatic amines is 1. The first kappa shape index (κ1) is 20.8. The maximum Gasteiger partial charge on any atom is 0.161 e. The molecular weight excluding hydrogens is 428 g/mol. The quantitative estimate of drug-likeness (QED) is 0.237. The summed E-state index contributed by atoms with van der Waals surface area (Å²) in [7, 11) is 0. The van der Waals surface area contributed by atoms with Gasteiger partial charge in [-0.2, -0.15) is 5.10 Å². The van der Waals surface area contributed by atoms with E-state index in [1.54, 1.807) is 18.5 Å². The number of imidazole rings is 1. The van der Waals surface area contributed by atoms with Crippen LogP contribution in [0.25, 0.3) is 33.6 Å². The van der Waals surface area contributed by atoms with Crippen LogP contribution in [0.5, 0.6) is 0 Å². The van der Waals surface area contributed by atoms with Gasteiger partial charge in [0.1, 0.15) is 17.2 Å². The Labute approximate surface area is 194 Å². The zero-order chi connectivity index (χ0) is 23.5. The van der Waals surface area contributed by atoms with Gasteiger partial charge in [0.2, 0.25) is 0 Å². The molecule has 0 unspecified atom stereocenters. The lowest BCUT2D eigenvalue weighted by Crippen LogP contribution is -2.11. The summed E-state index contributed by atoms with van der Waals surface area (Å²) in [6.07, 6.45) is 11.7. The van der Waals surface area contributed by atoms with Crippen LogP contribution in [0.15, 0.2) is 91.9 Å². The van der Waals surface area contributed by atoms with E-state index < -0.39 is 0 Å². The molecule has 10 heteroatoms. The molecule has 4 heterocycles. The predicted octanol–water partition coefficient (Wildman–Crippen LogP) is 3.24. The Morgan fingerprint density at radius 2 is 2.03 bits per heavy atom. The zero-order valence-corrected chi connectivity index (χ0v) is 18.1. The van der Waals surface area contributed by atoms with Gasteiger partial charge in [-0.1, -0.05) is 6.58 Å². The first-order valence-corrected chi connectivity index (χ1v) is 10.4. The first-order chi connectivity index (χ1) is 16.6. The first-order valence-electron chi connectivity index (χ1n) is 10.4. The van der Waals surface area contributed by atoms with Crippen molar-refractivity contribution in [1.29, 1.82) is 0 Å². The fourth-order valence-electron chi connectivity index (χ4n) is 3.48. The number of anilines is 2. The highest BCUT2D eigenvalue weighted by Crippen LogP contribution is 2.23. The largest absolute Gasteiger partial charge is 0.405 e. The van der Waals surface area contributed by atoms with Gasteiger partial charge in [0.25, 0.3) is 0 Å². The van der Waals surface area contributed by atoms with E-state index >= 15 is 0 Å². The molecule has 7 N–H and O–H groups in total. The van der Waals surface area contributed by atoms with Crippen molar-refractivity contribution in [2.45, 2.75) is 0 Å². The van der Waals surface area contributed by atoms with E-state index in [1.807, 2.05) is 53.2 Å². The van der Waals surface area contributed by atoms with E-state index in [9.17, 15) is 0 Å². The van der Waals surface area contributed by atoms with E-state index in [0.717, 1.165) is 27.8 Å². The highest BCUT2D eigenvalue weighted by molar-refractivity contribution is 5.82. The Morgan fingerprint density at radius 3 is 2.88 bits per heavy atom. The van der Waals surface area contributed by atoms with Crippen molar-refractivity contribution in [3.8, 4) is 11.4 Å². The Hall–Kier alpha value is -5.12. The summed E-state index contributed by atoms with van der Waals surface area (Å²) in [6, 6.07) is 11.6. The molecule has 0 spiro atoms. The van der Waals surface area contributed by atoms with Crippen LogP contribution in [0.2, 0.25) is 0 Å². The number of fused-ring (bicyclic) bond motifs is 2. The Kier molecular flexibility index (Phi) is 5.37. The number of allylic oxidation sites excluding steroid dienone is 1. The lowest BCUT2D eigenvalue weighted by Gasteiger charge is -2.07. The van der Waals surface area contributed by atoms with Crippen molar-refractivity contribution >= 4 is 33.8 Å². The Morgan fingerprint density at radius 1 is 1.12 bits per heavy atom. The minimum Gasteiger partial charge on any atom is -0.405 e. The van der Waals surface area contributed by atoms with E-state index in [0.29, 0.717) is 28.7 Å². The third kappa shape index (κ3) is 4.15. The van der Waals surface area contributed by atoms with Crippen LogP contribution in [0.4, 0.5) is 11.5 Å². The summed E-state index contributed by atoms with van der Waals surface area (Å²) >= 11 is 0. The molecule has 4 aromatic heterocycles. The number of hydrogen-bond donors (Lipinski definition) is 5. The number of nitrogens with two attached hydrogens (primary N) is 2. The fraction of sp³-hybridized carbons (Fsp3) is 0. The van der Waals surface area contributed by atoms with Crippen molar-refractivity contribution in [2.24, 2.45) is 11.5 Å². The van der Waals surface area contributed by atoms with Gasteiger partial charge in [0.05, 0.1) is 23.1 Å². The molecule has 0 amide bonds. The van der Waals surface area contributed by atoms with Gasteiger partial charge in [-0.15, -0.1) is 0 Å². The third-order valence-corrected chi connectivity index (χ3v) is 5.15. The molecule has 5 aromatic rings. The molecule has 0 aliphatic carbocycles. The lowest BCUT2D eigenvalue weighted by molar-refractivity contribution is 1.10. The Bertz CT molecular complexity index is 1560. The van der Waals surface area contributed by atoms with Crippen LogP contribution in [-0.4, -0.2) is 29.5 Å². The minimum absolute atomic E-state index is 0.583. The summed E-state index contributed by atoms with van der Waals surface area (Å²) in [6.45, 7) is 4.04. The molecule has 5 rings (SSSR count). The average Bonchev–Trinajstić information content (AvgIpc) is 3.50. The molecule has 168 valence electrons. The second-order valence-corrected chi connectivity index (χ2v) is 7.45. The molecule has 0 fully saturated rings. The molecule has 0 bridgehead atoms. The van der Waals surface area contributed by atoms with E-state index in [2.05, 4.69) is 42.4 Å². The van der Waals surface area contributed by atoms with Crippen molar-refractivity contribution in [1.82, 2.24) is 34.9 Å². The summed E-state index contributed by atoms with van der Waals surface area (Å²) in [5.74, 6) is 1.27. The molecule has 0 atom stereocenters. The monoisotopic (exact) mass is 450 g/mol. The number of hydrogen-bond acceptors (Lipinski definition) is 8. The van der Waals surface area contributed by atoms with Crippen LogP contribution in [0.3, 0.4) is 0 Å². The van der Waals surface area contributed by atoms with Crippen molar-refractivity contribution in [2.75, 3.05) is 5.32 Å². The summed E-state index contributed by atoms with van der Waals surface area (Å²) in [5.41, 5.74) is 16.4. The molecule has 34 heavy (non-hydrogen) atoms. The molecule has 0 aliphatic rings. The topological polar surface area (TPSA) is 148 Å². The van der Waals surface area contributed by atoms with Crippen LogP contribution in [0.1, 0.15) is 5.69 Å². The minimum atomic E-state index is 0.583. The molecule has 0 saturated carbocycles. The Balaban J connectivity index is 1.39. The zero-order valence-electron chi connectivity index (χ0n) is 18.1. The van der Waals surface area contributed by atoms with Gasteiger partial charge in [0, 0.05) is 41.4 Å². The van der Waals surface area contributed by atoms with Crippen molar-refractivity contribution in [3.05, 3.63) is 97.6 Å². The third-order valence-electron chi connectivity index (χ3n) is 5.15. The normalized spacial score (nSPS) is 11.9. The standard InChI is InChI=1S/C24H22N10/c1-15(29-19(12-26)4-7-25)21-14-34-9-6-16(11-23(34)31-21)24-27-8-5-22(32-24)30-18-2-3-20-17(10-18)13-28-33-20/h2-14,29H,1,25-26H2,(H,28,33)(H,27,30,32)/b7-4-,19-12+. The van der Waals surface area contributed by atoms with Gasteiger partial charge >= 0.3 is 0 Å². The number of nitrogens with one attached hydrogen (secondary N) is 3. The van der Waals surface area contributed by atoms with Crippen molar-refractivity contribution in [3.63, 3.8) is 0 Å². The van der Waals surface area contributed by atoms with E-state index in [1.165, 1.54) is 12.4 Å². The molecule has 1 aromatic carbocycles. The molecule has 10 nitrogen and oxygen atoms in total. The van der Waals surface area contributed by atoms with Gasteiger partial charge < -0.3 is 26.5 Å². The number of nitrogens with zero attached hydrogens (tertiary/aromatic N) is 5. The maximum absolute atomic E-state index is 5.60. The van der Waals surface area contributed by atoms with Gasteiger partial charge in [-0.3, -0.25) is 5.10 Å². The number of aromatic nitrogens is 6. The molecule has 0 saturated heterocycles. The van der Waals surface area contributed by atoms with E-state index in [-0.39, 0.29) is 0 Å². The number of benzene rings is 1. The smallest absolute Gasteiger partial charge is 0.161 e. The molecule has 0 aliphatic heterocycles. The average molecular weight is 451 g/mol. The summed E-state index contributed by atoms with van der Waals surface area (Å²) in [4.78, 5) is 13.8. The number of H-pyrrole nitrogens is 1. The lowest BCUT2D eigenvalue weighted by atomic mass is 10.2. The van der Waals surface area contributed by atoms with Crippen LogP contribution in [0, 0.1) is 0 Å². The number of rotatable bonds is 7. The second-order valence-electron chi connectivity index (χ2n) is 7.45. The highest BCUT2D eigenvalue weighted by Gasteiger charge is 2.10. The van der Waals surface area contributed by atoms with Crippen LogP contribution in [-0.2, 0) is 0 Å². The number of pyridine rings is 1. The second kappa shape index (κ2) is 8.79.